The molecule has 0 N–H and O–H groups in total. The Labute approximate surface area is 87.8 Å². The Bertz CT molecular complexity index is 484. The topological polar surface area (TPSA) is 46.3 Å². The van der Waals surface area contributed by atoms with Gasteiger partial charge in [0.1, 0.15) is 12.1 Å². The van der Waals surface area contributed by atoms with Gasteiger partial charge in [-0.1, -0.05) is 0 Å². The summed E-state index contributed by atoms with van der Waals surface area (Å²) < 4.78 is 1.83. The zero-order chi connectivity index (χ0) is 10.3. The Balaban J connectivity index is 2.21. The van der Waals surface area contributed by atoms with E-state index in [1.807, 2.05) is 10.7 Å². The molecule has 1 aliphatic heterocycles. The molecule has 0 aliphatic carbocycles. The molecule has 0 atom stereocenters. The first kappa shape index (κ1) is 8.64. The van der Waals surface area contributed by atoms with Gasteiger partial charge in [0.05, 0.1) is 0 Å². The van der Waals surface area contributed by atoms with Crippen LogP contribution in [0.2, 0.25) is 0 Å². The molecular weight excluding hydrogens is 190 g/mol. The van der Waals surface area contributed by atoms with E-state index in [4.69, 9.17) is 0 Å². The predicted molar refractivity (Wildman–Crippen MR) is 57.0 cm³/mol. The second-order valence-electron chi connectivity index (χ2n) is 3.93. The zero-order valence-corrected chi connectivity index (χ0v) is 8.72. The summed E-state index contributed by atoms with van der Waals surface area (Å²) in [6.07, 6.45) is 5.95. The van der Waals surface area contributed by atoms with Gasteiger partial charge < -0.3 is 4.90 Å². The first-order chi connectivity index (χ1) is 7.36. The van der Waals surface area contributed by atoms with E-state index in [-0.39, 0.29) is 0 Å². The molecule has 3 heterocycles. The van der Waals surface area contributed by atoms with Crippen molar-refractivity contribution < 1.29 is 0 Å². The fraction of sp³-hybridized carbons (Fsp3) is 0.500. The average Bonchev–Trinajstić information content (AvgIpc) is 2.85. The lowest BCUT2D eigenvalue weighted by Gasteiger charge is -2.19. The smallest absolute Gasteiger partial charge is 0.254 e. The van der Waals surface area contributed by atoms with Crippen molar-refractivity contribution in [1.82, 2.24) is 19.6 Å². The van der Waals surface area contributed by atoms with Crippen molar-refractivity contribution in [2.45, 2.75) is 19.8 Å². The summed E-state index contributed by atoms with van der Waals surface area (Å²) in [5.41, 5.74) is 1.16. The van der Waals surface area contributed by atoms with Gasteiger partial charge in [0.25, 0.3) is 5.78 Å². The van der Waals surface area contributed by atoms with Gasteiger partial charge >= 0.3 is 0 Å². The van der Waals surface area contributed by atoms with Crippen LogP contribution < -0.4 is 4.90 Å². The Hall–Kier alpha value is -1.65. The van der Waals surface area contributed by atoms with Gasteiger partial charge in [-0.15, -0.1) is 0 Å². The first-order valence-corrected chi connectivity index (χ1v) is 5.26. The van der Waals surface area contributed by atoms with Gasteiger partial charge in [-0.25, -0.2) is 4.98 Å². The highest BCUT2D eigenvalue weighted by Crippen LogP contribution is 2.23. The van der Waals surface area contributed by atoms with Crippen molar-refractivity contribution in [3.8, 4) is 0 Å². The minimum atomic E-state index is 0.683. The second kappa shape index (κ2) is 3.18. The monoisotopic (exact) mass is 203 g/mol. The van der Waals surface area contributed by atoms with Crippen molar-refractivity contribution in [1.29, 1.82) is 0 Å². The zero-order valence-electron chi connectivity index (χ0n) is 8.72. The summed E-state index contributed by atoms with van der Waals surface area (Å²) in [5.74, 6) is 1.83. The van der Waals surface area contributed by atoms with Gasteiger partial charge in [0, 0.05) is 24.8 Å². The van der Waals surface area contributed by atoms with Crippen LogP contribution in [0.5, 0.6) is 0 Å². The number of rotatable bonds is 1. The summed E-state index contributed by atoms with van der Waals surface area (Å²) in [6, 6.07) is 0. The highest BCUT2D eigenvalue weighted by Gasteiger charge is 2.18. The van der Waals surface area contributed by atoms with Crippen LogP contribution in [0, 0.1) is 6.92 Å². The third-order valence-corrected chi connectivity index (χ3v) is 2.86. The van der Waals surface area contributed by atoms with Crippen molar-refractivity contribution in [3.05, 3.63) is 18.1 Å². The Morgan fingerprint density at radius 2 is 2.00 bits per heavy atom. The maximum atomic E-state index is 4.24. The third kappa shape index (κ3) is 1.26. The van der Waals surface area contributed by atoms with E-state index in [1.165, 1.54) is 12.8 Å². The van der Waals surface area contributed by atoms with E-state index < -0.39 is 0 Å². The predicted octanol–water partition coefficient (Wildman–Crippen LogP) is 1.03. The maximum absolute atomic E-state index is 4.24. The molecule has 0 unspecified atom stereocenters. The minimum Gasteiger partial charge on any atom is -0.356 e. The molecule has 0 saturated carbocycles. The molecule has 1 fully saturated rings. The van der Waals surface area contributed by atoms with Crippen LogP contribution in [0.4, 0.5) is 5.82 Å². The number of anilines is 1. The third-order valence-electron chi connectivity index (χ3n) is 2.86. The van der Waals surface area contributed by atoms with Gasteiger partial charge in [-0.3, -0.25) is 0 Å². The largest absolute Gasteiger partial charge is 0.356 e. The molecule has 0 bridgehead atoms. The number of nitrogens with zero attached hydrogens (tertiary/aromatic N) is 5. The molecular formula is C10H13N5. The highest BCUT2D eigenvalue weighted by molar-refractivity contribution is 5.51. The van der Waals surface area contributed by atoms with Crippen molar-refractivity contribution in [2.24, 2.45) is 0 Å². The SMILES string of the molecule is Cc1cnc2ncnn2c1N1CCCC1. The van der Waals surface area contributed by atoms with E-state index in [1.54, 1.807) is 6.33 Å². The van der Waals surface area contributed by atoms with Gasteiger partial charge in [-0.2, -0.15) is 14.6 Å². The van der Waals surface area contributed by atoms with Crippen molar-refractivity contribution in [2.75, 3.05) is 18.0 Å². The number of hydrogen-bond acceptors (Lipinski definition) is 4. The molecule has 0 amide bonds. The van der Waals surface area contributed by atoms with Crippen LogP contribution in [0.25, 0.3) is 5.78 Å². The summed E-state index contributed by atoms with van der Waals surface area (Å²) in [7, 11) is 0. The summed E-state index contributed by atoms with van der Waals surface area (Å²) in [6.45, 7) is 4.29. The van der Waals surface area contributed by atoms with Gasteiger partial charge in [0.15, 0.2) is 0 Å². The lowest BCUT2D eigenvalue weighted by Crippen LogP contribution is -2.22. The summed E-state index contributed by atoms with van der Waals surface area (Å²) in [5, 5.41) is 4.23. The van der Waals surface area contributed by atoms with Crippen LogP contribution >= 0.6 is 0 Å². The molecule has 15 heavy (non-hydrogen) atoms. The lowest BCUT2D eigenvalue weighted by atomic mass is 10.3. The lowest BCUT2D eigenvalue weighted by molar-refractivity contribution is 0.840. The van der Waals surface area contributed by atoms with E-state index in [0.717, 1.165) is 24.5 Å². The second-order valence-corrected chi connectivity index (χ2v) is 3.93. The molecule has 1 saturated heterocycles. The average molecular weight is 203 g/mol. The van der Waals surface area contributed by atoms with E-state index >= 15 is 0 Å². The molecule has 0 aromatic carbocycles. The van der Waals surface area contributed by atoms with Gasteiger partial charge in [-0.05, 0) is 19.8 Å². The highest BCUT2D eigenvalue weighted by atomic mass is 15.4. The fourth-order valence-corrected chi connectivity index (χ4v) is 2.16. The molecule has 2 aromatic heterocycles. The number of aryl methyl sites for hydroxylation is 1. The number of aromatic nitrogens is 4. The molecule has 3 rings (SSSR count). The van der Waals surface area contributed by atoms with Crippen LogP contribution in [0.1, 0.15) is 18.4 Å². The van der Waals surface area contributed by atoms with Crippen molar-refractivity contribution in [3.63, 3.8) is 0 Å². The molecule has 0 spiro atoms. The first-order valence-electron chi connectivity index (χ1n) is 5.26. The molecule has 5 heteroatoms. The summed E-state index contributed by atoms with van der Waals surface area (Å²) >= 11 is 0. The van der Waals surface area contributed by atoms with E-state index in [2.05, 4.69) is 26.9 Å². The maximum Gasteiger partial charge on any atom is 0.254 e. The van der Waals surface area contributed by atoms with E-state index in [9.17, 15) is 0 Å². The van der Waals surface area contributed by atoms with E-state index in [0.29, 0.717) is 5.78 Å². The normalized spacial score (nSPS) is 16.5. The minimum absolute atomic E-state index is 0.683. The molecule has 1 aliphatic rings. The molecule has 2 aromatic rings. The fourth-order valence-electron chi connectivity index (χ4n) is 2.16. The van der Waals surface area contributed by atoms with Crippen molar-refractivity contribution >= 4 is 11.6 Å². The number of hydrogen-bond donors (Lipinski definition) is 0. The number of fused-ring (bicyclic) bond motifs is 1. The Morgan fingerprint density at radius 3 is 2.80 bits per heavy atom. The quantitative estimate of drug-likeness (QED) is 0.694. The molecule has 5 nitrogen and oxygen atoms in total. The van der Waals surface area contributed by atoms with Crippen LogP contribution in [-0.4, -0.2) is 32.7 Å². The van der Waals surface area contributed by atoms with Crippen LogP contribution in [-0.2, 0) is 0 Å². The van der Waals surface area contributed by atoms with Gasteiger partial charge in [0.2, 0.25) is 0 Å². The Kier molecular flexibility index (Phi) is 1.83. The molecule has 0 radical (unpaired) electrons. The summed E-state index contributed by atoms with van der Waals surface area (Å²) in [4.78, 5) is 10.7. The van der Waals surface area contributed by atoms with Crippen LogP contribution in [0.15, 0.2) is 12.5 Å². The van der Waals surface area contributed by atoms with Crippen LogP contribution in [0.3, 0.4) is 0 Å². The standard InChI is InChI=1S/C10H13N5/c1-8-6-11-10-12-7-13-15(10)9(8)14-4-2-3-5-14/h6-7H,2-5H2,1H3. The Morgan fingerprint density at radius 1 is 1.20 bits per heavy atom. The molecule has 78 valence electrons.